The summed E-state index contributed by atoms with van der Waals surface area (Å²) in [7, 11) is 3.17. The van der Waals surface area contributed by atoms with E-state index >= 15 is 0 Å². The van der Waals surface area contributed by atoms with Crippen LogP contribution in [0.2, 0.25) is 0 Å². The molecule has 1 aliphatic heterocycles. The van der Waals surface area contributed by atoms with Gasteiger partial charge in [0.15, 0.2) is 0 Å². The summed E-state index contributed by atoms with van der Waals surface area (Å²) in [6.45, 7) is 8.00. The Balaban J connectivity index is 1.92. The van der Waals surface area contributed by atoms with Crippen molar-refractivity contribution in [1.29, 1.82) is 0 Å². The number of nitrogens with one attached hydrogen (secondary N) is 1. The van der Waals surface area contributed by atoms with E-state index in [4.69, 9.17) is 9.47 Å². The third-order valence-electron chi connectivity index (χ3n) is 4.24. The highest BCUT2D eigenvalue weighted by Gasteiger charge is 2.26. The molecule has 2 rings (SSSR count). The average molecular weight is 363 g/mol. The Labute approximate surface area is 155 Å². The van der Waals surface area contributed by atoms with Crippen molar-refractivity contribution in [3.05, 3.63) is 23.8 Å². The van der Waals surface area contributed by atoms with Gasteiger partial charge in [0, 0.05) is 43.3 Å². The highest BCUT2D eigenvalue weighted by atomic mass is 16.5. The first kappa shape index (κ1) is 19.9. The maximum Gasteiger partial charge on any atom is 0.317 e. The monoisotopic (exact) mass is 363 g/mol. The third kappa shape index (κ3) is 5.28. The molecule has 1 heterocycles. The summed E-state index contributed by atoms with van der Waals surface area (Å²) in [5.41, 5.74) is 0.556. The van der Waals surface area contributed by atoms with Gasteiger partial charge in [0.25, 0.3) is 0 Å². The molecule has 0 aromatic heterocycles. The van der Waals surface area contributed by atoms with Gasteiger partial charge in [0.05, 0.1) is 20.6 Å². The first-order valence-corrected chi connectivity index (χ1v) is 8.79. The van der Waals surface area contributed by atoms with Gasteiger partial charge in [0.1, 0.15) is 11.5 Å². The van der Waals surface area contributed by atoms with Crippen molar-refractivity contribution in [3.63, 3.8) is 0 Å². The number of hydrogen-bond donors (Lipinski definition) is 1. The zero-order valence-corrected chi connectivity index (χ0v) is 16.3. The molecule has 7 heteroatoms. The smallest absolute Gasteiger partial charge is 0.317 e. The minimum absolute atomic E-state index is 0.0318. The zero-order chi connectivity index (χ0) is 19.3. The first-order chi connectivity index (χ1) is 12.2. The fraction of sp³-hybridized carbons (Fsp3) is 0.579. The van der Waals surface area contributed by atoms with E-state index in [1.54, 1.807) is 30.1 Å². The minimum atomic E-state index is -0.269. The molecule has 26 heavy (non-hydrogen) atoms. The second-order valence-electron chi connectivity index (χ2n) is 7.40. The molecular formula is C19H29N3O4. The van der Waals surface area contributed by atoms with E-state index in [-0.39, 0.29) is 23.9 Å². The summed E-state index contributed by atoms with van der Waals surface area (Å²) in [5, 5.41) is 2.95. The minimum Gasteiger partial charge on any atom is -0.497 e. The molecule has 0 radical (unpaired) electrons. The van der Waals surface area contributed by atoms with E-state index in [9.17, 15) is 9.59 Å². The SMILES string of the molecule is COc1ccc(CC(=O)N2CCN(C(=O)NC(C)(C)C)CC2)c(OC)c1. The second kappa shape index (κ2) is 8.29. The maximum absolute atomic E-state index is 12.6. The lowest BCUT2D eigenvalue weighted by atomic mass is 10.1. The van der Waals surface area contributed by atoms with Crippen LogP contribution in [0.3, 0.4) is 0 Å². The van der Waals surface area contributed by atoms with Gasteiger partial charge in [-0.2, -0.15) is 0 Å². The number of piperazine rings is 1. The van der Waals surface area contributed by atoms with E-state index in [2.05, 4.69) is 5.32 Å². The fourth-order valence-corrected chi connectivity index (χ4v) is 2.83. The summed E-state index contributed by atoms with van der Waals surface area (Å²) in [6.07, 6.45) is 0.265. The molecule has 1 fully saturated rings. The van der Waals surface area contributed by atoms with Crippen LogP contribution in [0, 0.1) is 0 Å². The maximum atomic E-state index is 12.6. The van der Waals surface area contributed by atoms with E-state index in [1.165, 1.54) is 0 Å². The molecule has 1 saturated heterocycles. The van der Waals surface area contributed by atoms with Gasteiger partial charge in [-0.15, -0.1) is 0 Å². The summed E-state index contributed by atoms with van der Waals surface area (Å²) in [4.78, 5) is 28.4. The summed E-state index contributed by atoms with van der Waals surface area (Å²) < 4.78 is 10.5. The summed E-state index contributed by atoms with van der Waals surface area (Å²) >= 11 is 0. The molecule has 0 saturated carbocycles. The van der Waals surface area contributed by atoms with Crippen molar-refractivity contribution in [2.75, 3.05) is 40.4 Å². The van der Waals surface area contributed by atoms with Gasteiger partial charge < -0.3 is 24.6 Å². The number of carbonyl (C=O) groups is 2. The number of hydrogen-bond acceptors (Lipinski definition) is 4. The summed E-state index contributed by atoms with van der Waals surface area (Å²) in [5.74, 6) is 1.36. The van der Waals surface area contributed by atoms with Gasteiger partial charge in [-0.3, -0.25) is 4.79 Å². The topological polar surface area (TPSA) is 71.1 Å². The van der Waals surface area contributed by atoms with Crippen LogP contribution in [0.15, 0.2) is 18.2 Å². The molecule has 0 unspecified atom stereocenters. The number of nitrogens with zero attached hydrogens (tertiary/aromatic N) is 2. The van der Waals surface area contributed by atoms with Crippen LogP contribution < -0.4 is 14.8 Å². The van der Waals surface area contributed by atoms with Gasteiger partial charge in [0.2, 0.25) is 5.91 Å². The lowest BCUT2D eigenvalue weighted by molar-refractivity contribution is -0.131. The Bertz CT molecular complexity index is 647. The van der Waals surface area contributed by atoms with Crippen molar-refractivity contribution in [3.8, 4) is 11.5 Å². The number of urea groups is 1. The van der Waals surface area contributed by atoms with Crippen molar-refractivity contribution >= 4 is 11.9 Å². The predicted octanol–water partition coefficient (Wildman–Crippen LogP) is 1.90. The fourth-order valence-electron chi connectivity index (χ4n) is 2.83. The number of rotatable bonds is 4. The van der Waals surface area contributed by atoms with Gasteiger partial charge in [-0.25, -0.2) is 4.79 Å². The Morgan fingerprint density at radius 3 is 2.19 bits per heavy atom. The Hall–Kier alpha value is -2.44. The molecule has 0 aliphatic carbocycles. The van der Waals surface area contributed by atoms with Crippen molar-refractivity contribution in [2.24, 2.45) is 0 Å². The molecular weight excluding hydrogens is 334 g/mol. The van der Waals surface area contributed by atoms with Crippen LogP contribution in [0.25, 0.3) is 0 Å². The number of methoxy groups -OCH3 is 2. The quantitative estimate of drug-likeness (QED) is 0.887. The normalized spacial score (nSPS) is 14.8. The molecule has 0 spiro atoms. The standard InChI is InChI=1S/C19H29N3O4/c1-19(2,3)20-18(24)22-10-8-21(9-11-22)17(23)12-14-6-7-15(25-4)13-16(14)26-5/h6-7,13H,8-12H2,1-5H3,(H,20,24). The molecule has 3 amide bonds. The molecule has 1 N–H and O–H groups in total. The van der Waals surface area contributed by atoms with Crippen LogP contribution in [0.5, 0.6) is 11.5 Å². The first-order valence-electron chi connectivity index (χ1n) is 8.79. The van der Waals surface area contributed by atoms with Gasteiger partial charge in [-0.1, -0.05) is 6.07 Å². The van der Waals surface area contributed by atoms with E-state index in [0.717, 1.165) is 5.56 Å². The Morgan fingerprint density at radius 2 is 1.65 bits per heavy atom. The van der Waals surface area contributed by atoms with Crippen LogP contribution >= 0.6 is 0 Å². The molecule has 0 atom stereocenters. The molecule has 7 nitrogen and oxygen atoms in total. The largest absolute Gasteiger partial charge is 0.497 e. The highest BCUT2D eigenvalue weighted by Crippen LogP contribution is 2.25. The molecule has 1 aromatic carbocycles. The number of carbonyl (C=O) groups excluding carboxylic acids is 2. The molecule has 1 aromatic rings. The third-order valence-corrected chi connectivity index (χ3v) is 4.24. The number of benzene rings is 1. The van der Waals surface area contributed by atoms with E-state index < -0.39 is 0 Å². The Morgan fingerprint density at radius 1 is 1.04 bits per heavy atom. The highest BCUT2D eigenvalue weighted by molar-refractivity contribution is 5.80. The number of ether oxygens (including phenoxy) is 2. The molecule has 1 aliphatic rings. The summed E-state index contributed by atoms with van der Waals surface area (Å²) in [6, 6.07) is 5.36. The van der Waals surface area contributed by atoms with Crippen LogP contribution in [0.4, 0.5) is 4.79 Å². The van der Waals surface area contributed by atoms with Gasteiger partial charge >= 0.3 is 6.03 Å². The molecule has 0 bridgehead atoms. The van der Waals surface area contributed by atoms with Crippen LogP contribution in [0.1, 0.15) is 26.3 Å². The van der Waals surface area contributed by atoms with Crippen LogP contribution in [-0.4, -0.2) is 67.7 Å². The lowest BCUT2D eigenvalue weighted by Crippen LogP contribution is -2.56. The van der Waals surface area contributed by atoms with Gasteiger partial charge in [-0.05, 0) is 26.8 Å². The molecule has 144 valence electrons. The van der Waals surface area contributed by atoms with Crippen molar-refractivity contribution in [2.45, 2.75) is 32.7 Å². The van der Waals surface area contributed by atoms with Crippen molar-refractivity contribution in [1.82, 2.24) is 15.1 Å². The van der Waals surface area contributed by atoms with E-state index in [1.807, 2.05) is 32.9 Å². The Kier molecular flexibility index (Phi) is 6.34. The lowest BCUT2D eigenvalue weighted by Gasteiger charge is -2.36. The number of amides is 3. The second-order valence-corrected chi connectivity index (χ2v) is 7.40. The average Bonchev–Trinajstić information content (AvgIpc) is 2.60. The van der Waals surface area contributed by atoms with E-state index in [0.29, 0.717) is 37.7 Å². The van der Waals surface area contributed by atoms with Crippen molar-refractivity contribution < 1.29 is 19.1 Å². The van der Waals surface area contributed by atoms with Crippen LogP contribution in [-0.2, 0) is 11.2 Å². The predicted molar refractivity (Wildman–Crippen MR) is 99.7 cm³/mol. The zero-order valence-electron chi connectivity index (χ0n) is 16.3.